The number of ether oxygens (including phenoxy) is 1. The molecule has 2 aromatic carbocycles. The molecule has 2 fully saturated rings. The first-order valence-electron chi connectivity index (χ1n) is 11.4. The summed E-state index contributed by atoms with van der Waals surface area (Å²) in [5.74, 6) is -0.0681. The van der Waals surface area contributed by atoms with E-state index in [4.69, 9.17) is 4.74 Å². The summed E-state index contributed by atoms with van der Waals surface area (Å²) in [7, 11) is 1.74. The monoisotopic (exact) mass is 436 g/mol. The number of hydrogen-bond acceptors (Lipinski definition) is 4. The molecule has 2 aromatic rings. The van der Waals surface area contributed by atoms with Crippen LogP contribution < -0.4 is 20.4 Å². The number of nitrogens with one attached hydrogen (secondary N) is 2. The Morgan fingerprint density at radius 2 is 1.69 bits per heavy atom. The highest BCUT2D eigenvalue weighted by atomic mass is 16.5. The summed E-state index contributed by atoms with van der Waals surface area (Å²) < 4.78 is 5.36. The number of methoxy groups -OCH3 is 1. The molecule has 2 aliphatic heterocycles. The summed E-state index contributed by atoms with van der Waals surface area (Å²) in [6, 6.07) is 15.3. The molecule has 32 heavy (non-hydrogen) atoms. The van der Waals surface area contributed by atoms with Crippen molar-refractivity contribution in [3.05, 3.63) is 54.1 Å². The predicted octanol–water partition coefficient (Wildman–Crippen LogP) is 3.93. The average molecular weight is 437 g/mol. The Balaban J connectivity index is 1.38. The zero-order valence-corrected chi connectivity index (χ0v) is 18.8. The Hall–Kier alpha value is -3.06. The normalized spacial score (nSPS) is 21.0. The van der Waals surface area contributed by atoms with Crippen molar-refractivity contribution in [2.75, 3.05) is 41.9 Å². The molecule has 7 heteroatoms. The Morgan fingerprint density at radius 3 is 2.41 bits per heavy atom. The number of urea groups is 1. The first-order chi connectivity index (χ1) is 15.5. The van der Waals surface area contributed by atoms with Gasteiger partial charge in [0.25, 0.3) is 0 Å². The van der Waals surface area contributed by atoms with Gasteiger partial charge in [0.05, 0.1) is 12.6 Å². The number of anilines is 3. The molecule has 0 radical (unpaired) electrons. The minimum absolute atomic E-state index is 0.0681. The van der Waals surface area contributed by atoms with Gasteiger partial charge in [-0.3, -0.25) is 4.79 Å². The summed E-state index contributed by atoms with van der Waals surface area (Å²) >= 11 is 0. The highest BCUT2D eigenvalue weighted by Gasteiger charge is 2.31. The molecule has 0 spiro atoms. The lowest BCUT2D eigenvalue weighted by atomic mass is 10.0. The quantitative estimate of drug-likeness (QED) is 0.720. The van der Waals surface area contributed by atoms with Crippen LogP contribution in [0.1, 0.15) is 31.2 Å². The van der Waals surface area contributed by atoms with E-state index in [1.165, 1.54) is 6.42 Å². The highest BCUT2D eigenvalue weighted by Crippen LogP contribution is 2.29. The van der Waals surface area contributed by atoms with Crippen molar-refractivity contribution >= 4 is 29.0 Å². The van der Waals surface area contributed by atoms with Crippen molar-refractivity contribution in [2.45, 2.75) is 44.7 Å². The molecular weight excluding hydrogens is 404 g/mol. The van der Waals surface area contributed by atoms with Crippen LogP contribution in [0, 0.1) is 6.92 Å². The molecule has 2 aliphatic rings. The SMILES string of the molecule is COCC1CCCN1c1ccc(N2CCC[C@@H](NC(=O)Nc3ccc(C)cc3)C2=O)cc1. The van der Waals surface area contributed by atoms with Gasteiger partial charge in [-0.1, -0.05) is 17.7 Å². The number of benzene rings is 2. The third kappa shape index (κ3) is 5.05. The predicted molar refractivity (Wildman–Crippen MR) is 127 cm³/mol. The molecule has 4 rings (SSSR count). The second-order valence-electron chi connectivity index (χ2n) is 8.61. The van der Waals surface area contributed by atoms with Crippen molar-refractivity contribution in [1.29, 1.82) is 0 Å². The molecule has 2 saturated heterocycles. The van der Waals surface area contributed by atoms with Crippen molar-refractivity contribution in [1.82, 2.24) is 5.32 Å². The van der Waals surface area contributed by atoms with Gasteiger partial charge < -0.3 is 25.2 Å². The fourth-order valence-electron chi connectivity index (χ4n) is 4.59. The molecule has 1 unspecified atom stereocenters. The summed E-state index contributed by atoms with van der Waals surface area (Å²) in [5, 5.41) is 5.65. The van der Waals surface area contributed by atoms with Gasteiger partial charge >= 0.3 is 6.03 Å². The number of nitrogens with zero attached hydrogens (tertiary/aromatic N) is 2. The topological polar surface area (TPSA) is 73.9 Å². The lowest BCUT2D eigenvalue weighted by Crippen LogP contribution is -2.53. The number of carbonyl (C=O) groups excluding carboxylic acids is 2. The maximum atomic E-state index is 13.1. The number of carbonyl (C=O) groups is 2. The molecule has 2 atom stereocenters. The van der Waals surface area contributed by atoms with Crippen LogP contribution in [0.25, 0.3) is 0 Å². The van der Waals surface area contributed by atoms with E-state index in [1.807, 2.05) is 43.3 Å². The molecule has 170 valence electrons. The van der Waals surface area contributed by atoms with E-state index in [1.54, 1.807) is 12.0 Å². The van der Waals surface area contributed by atoms with Crippen LogP contribution in [0.5, 0.6) is 0 Å². The summed E-state index contributed by atoms with van der Waals surface area (Å²) in [5.41, 5.74) is 3.85. The van der Waals surface area contributed by atoms with Gasteiger partial charge in [-0.05, 0) is 69.0 Å². The van der Waals surface area contributed by atoms with Crippen LogP contribution in [0.3, 0.4) is 0 Å². The lowest BCUT2D eigenvalue weighted by Gasteiger charge is -2.33. The van der Waals surface area contributed by atoms with Gasteiger partial charge in [-0.2, -0.15) is 0 Å². The average Bonchev–Trinajstić information content (AvgIpc) is 3.25. The highest BCUT2D eigenvalue weighted by molar-refractivity contribution is 6.01. The number of hydrogen-bond donors (Lipinski definition) is 2. The Kier molecular flexibility index (Phi) is 6.95. The van der Waals surface area contributed by atoms with Crippen molar-refractivity contribution < 1.29 is 14.3 Å². The maximum absolute atomic E-state index is 13.1. The first-order valence-corrected chi connectivity index (χ1v) is 11.4. The molecule has 2 N–H and O–H groups in total. The molecule has 0 aromatic heterocycles. The van der Waals surface area contributed by atoms with Gasteiger partial charge in [0.15, 0.2) is 0 Å². The lowest BCUT2D eigenvalue weighted by molar-refractivity contribution is -0.121. The minimum atomic E-state index is -0.529. The molecular formula is C25H32N4O3. The number of amides is 3. The molecule has 7 nitrogen and oxygen atoms in total. The van der Waals surface area contributed by atoms with Gasteiger partial charge in [-0.25, -0.2) is 4.79 Å². The van der Waals surface area contributed by atoms with E-state index in [-0.39, 0.29) is 11.9 Å². The van der Waals surface area contributed by atoms with Crippen molar-refractivity contribution in [2.24, 2.45) is 0 Å². The molecule has 0 aliphatic carbocycles. The zero-order chi connectivity index (χ0) is 22.5. The fourth-order valence-corrected chi connectivity index (χ4v) is 4.59. The Morgan fingerprint density at radius 1 is 1.00 bits per heavy atom. The largest absolute Gasteiger partial charge is 0.383 e. The van der Waals surface area contributed by atoms with E-state index in [0.717, 1.165) is 42.9 Å². The summed E-state index contributed by atoms with van der Waals surface area (Å²) in [6.45, 7) is 4.41. The van der Waals surface area contributed by atoms with Crippen LogP contribution in [-0.4, -0.2) is 50.8 Å². The van der Waals surface area contributed by atoms with E-state index in [2.05, 4.69) is 27.7 Å². The van der Waals surface area contributed by atoms with Gasteiger partial charge in [-0.15, -0.1) is 0 Å². The van der Waals surface area contributed by atoms with E-state index in [0.29, 0.717) is 24.7 Å². The molecule has 0 bridgehead atoms. The third-order valence-electron chi connectivity index (χ3n) is 6.28. The van der Waals surface area contributed by atoms with Gasteiger partial charge in [0, 0.05) is 37.3 Å². The molecule has 3 amide bonds. The van der Waals surface area contributed by atoms with Crippen LogP contribution in [0.4, 0.5) is 21.9 Å². The standard InChI is InChI=1S/C25H32N4O3/c1-18-7-9-19(10-8-18)26-25(31)27-23-6-4-16-29(24(23)30)21-13-11-20(12-14-21)28-15-3-5-22(28)17-32-2/h7-14,22-23H,3-6,15-17H2,1-2H3,(H2,26,27,31)/t22?,23-/m1/s1. The maximum Gasteiger partial charge on any atom is 0.319 e. The van der Waals surface area contributed by atoms with Crippen molar-refractivity contribution in [3.8, 4) is 0 Å². The third-order valence-corrected chi connectivity index (χ3v) is 6.28. The van der Waals surface area contributed by atoms with Crippen molar-refractivity contribution in [3.63, 3.8) is 0 Å². The number of aryl methyl sites for hydroxylation is 1. The van der Waals surface area contributed by atoms with E-state index in [9.17, 15) is 9.59 Å². The Bertz CT molecular complexity index is 929. The first kappa shape index (κ1) is 22.1. The molecule has 0 saturated carbocycles. The minimum Gasteiger partial charge on any atom is -0.383 e. The second kappa shape index (κ2) is 10.0. The molecule has 2 heterocycles. The number of piperidine rings is 1. The smallest absolute Gasteiger partial charge is 0.319 e. The fraction of sp³-hybridized carbons (Fsp3) is 0.440. The summed E-state index contributed by atoms with van der Waals surface area (Å²) in [6.07, 6.45) is 3.78. The van der Waals surface area contributed by atoms with Gasteiger partial charge in [0.2, 0.25) is 5.91 Å². The number of rotatable bonds is 6. The van der Waals surface area contributed by atoms with Crippen LogP contribution >= 0.6 is 0 Å². The summed E-state index contributed by atoms with van der Waals surface area (Å²) in [4.78, 5) is 29.7. The van der Waals surface area contributed by atoms with Crippen LogP contribution in [0.2, 0.25) is 0 Å². The Labute approximate surface area is 189 Å². The second-order valence-corrected chi connectivity index (χ2v) is 8.61. The van der Waals surface area contributed by atoms with Crippen LogP contribution in [0.15, 0.2) is 48.5 Å². The van der Waals surface area contributed by atoms with E-state index < -0.39 is 6.04 Å². The zero-order valence-electron chi connectivity index (χ0n) is 18.8. The van der Waals surface area contributed by atoms with Crippen LogP contribution in [-0.2, 0) is 9.53 Å². The van der Waals surface area contributed by atoms with E-state index >= 15 is 0 Å². The van der Waals surface area contributed by atoms with Gasteiger partial charge in [0.1, 0.15) is 6.04 Å².